The molecule has 2 aromatic carbocycles. The van der Waals surface area contributed by atoms with Gasteiger partial charge in [0.15, 0.2) is 0 Å². The fourth-order valence-electron chi connectivity index (χ4n) is 3.64. The number of rotatable bonds is 2. The number of hydrogen-bond donors (Lipinski definition) is 1. The van der Waals surface area contributed by atoms with E-state index in [-0.39, 0.29) is 6.04 Å². The van der Waals surface area contributed by atoms with Gasteiger partial charge in [-0.05, 0) is 62.2 Å². The predicted octanol–water partition coefficient (Wildman–Crippen LogP) is 3.44. The van der Waals surface area contributed by atoms with E-state index >= 15 is 0 Å². The van der Waals surface area contributed by atoms with E-state index in [2.05, 4.69) is 29.3 Å². The summed E-state index contributed by atoms with van der Waals surface area (Å²) in [5, 5.41) is 3.42. The van der Waals surface area contributed by atoms with E-state index in [1.54, 1.807) is 0 Å². The Labute approximate surface area is 146 Å². The fraction of sp³-hybridized carbons (Fsp3) is 0.400. The van der Waals surface area contributed by atoms with Crippen LogP contribution in [0.1, 0.15) is 23.6 Å². The van der Waals surface area contributed by atoms with Crippen molar-refractivity contribution in [2.24, 2.45) is 0 Å². The lowest BCUT2D eigenvalue weighted by atomic mass is 9.99. The van der Waals surface area contributed by atoms with Crippen LogP contribution in [0.25, 0.3) is 0 Å². The SMILES string of the molecule is C[C@@H]1COc2cc3c(cc2N1Cc1ccc(F)cc1F)CCNCC3. The van der Waals surface area contributed by atoms with Gasteiger partial charge in [-0.3, -0.25) is 0 Å². The van der Waals surface area contributed by atoms with Crippen LogP contribution in [0.3, 0.4) is 0 Å². The van der Waals surface area contributed by atoms with E-state index < -0.39 is 11.6 Å². The molecule has 4 rings (SSSR count). The quantitative estimate of drug-likeness (QED) is 0.903. The Morgan fingerprint density at radius 2 is 1.88 bits per heavy atom. The van der Waals surface area contributed by atoms with Crippen molar-refractivity contribution in [3.8, 4) is 5.75 Å². The summed E-state index contributed by atoms with van der Waals surface area (Å²) in [6, 6.07) is 8.24. The zero-order valence-corrected chi connectivity index (χ0v) is 14.3. The standard InChI is InChI=1S/C20H22F2N2O/c1-13-12-25-20-9-15-5-7-23-6-4-14(15)8-19(20)24(13)11-16-2-3-17(21)10-18(16)22/h2-3,8-10,13,23H,4-7,11-12H2,1H3/t13-/m1/s1. The first-order chi connectivity index (χ1) is 12.1. The zero-order valence-electron chi connectivity index (χ0n) is 14.3. The molecule has 0 saturated heterocycles. The Balaban J connectivity index is 1.70. The first-order valence-electron chi connectivity index (χ1n) is 8.81. The molecule has 0 unspecified atom stereocenters. The molecule has 0 aliphatic carbocycles. The maximum Gasteiger partial charge on any atom is 0.143 e. The van der Waals surface area contributed by atoms with E-state index in [0.717, 1.165) is 43.4 Å². The minimum atomic E-state index is -0.547. The number of nitrogens with zero attached hydrogens (tertiary/aromatic N) is 1. The van der Waals surface area contributed by atoms with Crippen LogP contribution in [0.5, 0.6) is 5.75 Å². The summed E-state index contributed by atoms with van der Waals surface area (Å²) in [7, 11) is 0. The van der Waals surface area contributed by atoms with Crippen LogP contribution >= 0.6 is 0 Å². The largest absolute Gasteiger partial charge is 0.489 e. The van der Waals surface area contributed by atoms with Crippen molar-refractivity contribution in [1.29, 1.82) is 0 Å². The van der Waals surface area contributed by atoms with Crippen molar-refractivity contribution >= 4 is 5.69 Å². The molecule has 2 aliphatic heterocycles. The van der Waals surface area contributed by atoms with Gasteiger partial charge in [0.05, 0.1) is 11.7 Å². The molecule has 2 aliphatic rings. The minimum Gasteiger partial charge on any atom is -0.489 e. The molecule has 0 aromatic heterocycles. The van der Waals surface area contributed by atoms with Crippen LogP contribution in [0, 0.1) is 11.6 Å². The first-order valence-corrected chi connectivity index (χ1v) is 8.81. The summed E-state index contributed by atoms with van der Waals surface area (Å²) >= 11 is 0. The number of halogens is 2. The highest BCUT2D eigenvalue weighted by Gasteiger charge is 2.27. The molecule has 1 N–H and O–H groups in total. The van der Waals surface area contributed by atoms with Gasteiger partial charge in [-0.15, -0.1) is 0 Å². The predicted molar refractivity (Wildman–Crippen MR) is 94.2 cm³/mol. The molecular formula is C20H22F2N2O. The lowest BCUT2D eigenvalue weighted by molar-refractivity contribution is 0.268. The molecule has 3 nitrogen and oxygen atoms in total. The van der Waals surface area contributed by atoms with Gasteiger partial charge in [-0.2, -0.15) is 0 Å². The molecule has 25 heavy (non-hydrogen) atoms. The number of ether oxygens (including phenoxy) is 1. The zero-order chi connectivity index (χ0) is 17.4. The maximum atomic E-state index is 14.1. The minimum absolute atomic E-state index is 0.124. The van der Waals surface area contributed by atoms with E-state index in [0.29, 0.717) is 18.7 Å². The molecule has 2 aromatic rings. The number of hydrogen-bond acceptors (Lipinski definition) is 3. The molecule has 0 amide bonds. The molecule has 0 radical (unpaired) electrons. The van der Waals surface area contributed by atoms with Gasteiger partial charge in [0.2, 0.25) is 0 Å². The van der Waals surface area contributed by atoms with E-state index in [1.165, 1.54) is 23.3 Å². The number of benzene rings is 2. The third-order valence-corrected chi connectivity index (χ3v) is 5.10. The fourth-order valence-corrected chi connectivity index (χ4v) is 3.64. The Morgan fingerprint density at radius 3 is 2.64 bits per heavy atom. The molecule has 5 heteroatoms. The Hall–Kier alpha value is -2.14. The number of fused-ring (bicyclic) bond motifs is 2. The van der Waals surface area contributed by atoms with Gasteiger partial charge in [0.25, 0.3) is 0 Å². The third-order valence-electron chi connectivity index (χ3n) is 5.10. The summed E-state index contributed by atoms with van der Waals surface area (Å²) in [5.41, 5.74) is 4.15. The summed E-state index contributed by atoms with van der Waals surface area (Å²) in [4.78, 5) is 2.16. The van der Waals surface area contributed by atoms with Crippen LogP contribution in [-0.2, 0) is 19.4 Å². The summed E-state index contributed by atoms with van der Waals surface area (Å²) in [5.74, 6) is -0.185. The van der Waals surface area contributed by atoms with Gasteiger partial charge in [0.1, 0.15) is 24.0 Å². The molecule has 2 heterocycles. The van der Waals surface area contributed by atoms with Gasteiger partial charge >= 0.3 is 0 Å². The van der Waals surface area contributed by atoms with Crippen LogP contribution in [0.2, 0.25) is 0 Å². The highest BCUT2D eigenvalue weighted by atomic mass is 19.1. The van der Waals surface area contributed by atoms with Crippen LogP contribution < -0.4 is 15.0 Å². The molecule has 132 valence electrons. The summed E-state index contributed by atoms with van der Waals surface area (Å²) in [6.45, 7) is 4.98. The van der Waals surface area contributed by atoms with E-state index in [4.69, 9.17) is 4.74 Å². The Bertz CT molecular complexity index is 794. The van der Waals surface area contributed by atoms with E-state index in [1.807, 2.05) is 0 Å². The molecule has 0 spiro atoms. The van der Waals surface area contributed by atoms with Crippen LogP contribution in [0.15, 0.2) is 30.3 Å². The summed E-state index contributed by atoms with van der Waals surface area (Å²) in [6.07, 6.45) is 1.98. The van der Waals surface area contributed by atoms with E-state index in [9.17, 15) is 8.78 Å². The highest BCUT2D eigenvalue weighted by Crippen LogP contribution is 2.38. The van der Waals surface area contributed by atoms with Crippen molar-refractivity contribution < 1.29 is 13.5 Å². The topological polar surface area (TPSA) is 24.5 Å². The third kappa shape index (κ3) is 3.21. The second-order valence-corrected chi connectivity index (χ2v) is 6.86. The van der Waals surface area contributed by atoms with Crippen molar-refractivity contribution in [2.75, 3.05) is 24.6 Å². The molecule has 0 fully saturated rings. The highest BCUT2D eigenvalue weighted by molar-refractivity contribution is 5.64. The summed E-state index contributed by atoms with van der Waals surface area (Å²) < 4.78 is 33.3. The van der Waals surface area contributed by atoms with Crippen molar-refractivity contribution in [3.05, 3.63) is 58.7 Å². The Morgan fingerprint density at radius 1 is 1.12 bits per heavy atom. The van der Waals surface area contributed by atoms with Gasteiger partial charge in [-0.1, -0.05) is 6.07 Å². The van der Waals surface area contributed by atoms with Gasteiger partial charge < -0.3 is 15.0 Å². The maximum absolute atomic E-state index is 14.1. The smallest absolute Gasteiger partial charge is 0.143 e. The van der Waals surface area contributed by atoms with Crippen molar-refractivity contribution in [2.45, 2.75) is 32.4 Å². The first kappa shape index (κ1) is 16.3. The second kappa shape index (κ2) is 6.64. The normalized spacial score (nSPS) is 19.6. The number of anilines is 1. The molecule has 1 atom stereocenters. The van der Waals surface area contributed by atoms with Gasteiger partial charge in [0, 0.05) is 18.2 Å². The molecule has 0 saturated carbocycles. The average Bonchev–Trinajstić information content (AvgIpc) is 2.82. The second-order valence-electron chi connectivity index (χ2n) is 6.86. The molecule has 0 bridgehead atoms. The van der Waals surface area contributed by atoms with Crippen LogP contribution in [-0.4, -0.2) is 25.7 Å². The Kier molecular flexibility index (Phi) is 4.34. The lowest BCUT2D eigenvalue weighted by Gasteiger charge is -2.37. The van der Waals surface area contributed by atoms with Crippen molar-refractivity contribution in [1.82, 2.24) is 5.32 Å². The lowest BCUT2D eigenvalue weighted by Crippen LogP contribution is -2.40. The number of nitrogens with one attached hydrogen (secondary N) is 1. The average molecular weight is 344 g/mol. The van der Waals surface area contributed by atoms with Crippen molar-refractivity contribution in [3.63, 3.8) is 0 Å². The monoisotopic (exact) mass is 344 g/mol. The van der Waals surface area contributed by atoms with Crippen LogP contribution in [0.4, 0.5) is 14.5 Å². The molecular weight excluding hydrogens is 322 g/mol. The van der Waals surface area contributed by atoms with Gasteiger partial charge in [-0.25, -0.2) is 8.78 Å².